The molecule has 0 amide bonds. The number of ether oxygens (including phenoxy) is 1. The van der Waals surface area contributed by atoms with Gasteiger partial charge < -0.3 is 9.84 Å². The lowest BCUT2D eigenvalue weighted by atomic mass is 10.1. The summed E-state index contributed by atoms with van der Waals surface area (Å²) in [5.41, 5.74) is 3.76. The Kier molecular flexibility index (Phi) is 3.62. The molecule has 1 N–H and O–H groups in total. The highest BCUT2D eigenvalue weighted by molar-refractivity contribution is 7.17. The Morgan fingerprint density at radius 1 is 1.41 bits per heavy atom. The second-order valence-electron chi connectivity index (χ2n) is 5.15. The van der Waals surface area contributed by atoms with E-state index in [1.807, 2.05) is 36.6 Å². The summed E-state index contributed by atoms with van der Waals surface area (Å²) in [6.45, 7) is 4.05. The molecule has 0 unspecified atom stereocenters. The van der Waals surface area contributed by atoms with Crippen LogP contribution in [0, 0.1) is 13.8 Å². The Morgan fingerprint density at radius 3 is 2.82 bits per heavy atom. The summed E-state index contributed by atoms with van der Waals surface area (Å²) in [7, 11) is 1.66. The van der Waals surface area contributed by atoms with E-state index in [9.17, 15) is 4.79 Å². The van der Waals surface area contributed by atoms with Gasteiger partial charge in [0.2, 0.25) is 0 Å². The molecule has 0 aliphatic heterocycles. The van der Waals surface area contributed by atoms with Gasteiger partial charge in [-0.2, -0.15) is 0 Å². The summed E-state index contributed by atoms with van der Waals surface area (Å²) in [5, 5.41) is 8.90. The van der Waals surface area contributed by atoms with Crippen LogP contribution in [0.2, 0.25) is 0 Å². The fourth-order valence-electron chi connectivity index (χ4n) is 2.61. The molecular formula is C16H16N2O3S. The highest BCUT2D eigenvalue weighted by Gasteiger charge is 2.15. The van der Waals surface area contributed by atoms with Crippen molar-refractivity contribution in [2.45, 2.75) is 20.3 Å². The minimum Gasteiger partial charge on any atom is -0.496 e. The summed E-state index contributed by atoms with van der Waals surface area (Å²) >= 11 is 1.56. The van der Waals surface area contributed by atoms with Crippen LogP contribution in [-0.4, -0.2) is 27.6 Å². The lowest BCUT2D eigenvalue weighted by molar-refractivity contribution is -0.136. The van der Waals surface area contributed by atoms with Crippen LogP contribution in [0.15, 0.2) is 24.4 Å². The summed E-state index contributed by atoms with van der Waals surface area (Å²) in [6, 6.07) is 6.03. The molecule has 22 heavy (non-hydrogen) atoms. The molecule has 0 radical (unpaired) electrons. The van der Waals surface area contributed by atoms with Crippen molar-refractivity contribution in [1.82, 2.24) is 9.38 Å². The van der Waals surface area contributed by atoms with E-state index in [4.69, 9.17) is 9.84 Å². The van der Waals surface area contributed by atoms with E-state index in [0.29, 0.717) is 5.69 Å². The zero-order valence-corrected chi connectivity index (χ0v) is 13.4. The predicted molar refractivity (Wildman–Crippen MR) is 85.9 cm³/mol. The Hall–Kier alpha value is -2.34. The van der Waals surface area contributed by atoms with Crippen LogP contribution in [0.4, 0.5) is 0 Å². The van der Waals surface area contributed by atoms with Gasteiger partial charge in [0.1, 0.15) is 5.75 Å². The molecule has 1 aromatic carbocycles. The SMILES string of the molecule is COc1ccc(-c2c(C)sc3nc(CC(=O)O)cn23)cc1C. The number of aromatic nitrogens is 2. The average Bonchev–Trinajstić information content (AvgIpc) is 2.93. The first-order valence-corrected chi connectivity index (χ1v) is 7.65. The number of carbonyl (C=O) groups is 1. The monoisotopic (exact) mass is 316 g/mol. The molecular weight excluding hydrogens is 300 g/mol. The molecule has 114 valence electrons. The Balaban J connectivity index is 2.12. The van der Waals surface area contributed by atoms with E-state index in [0.717, 1.165) is 32.4 Å². The number of methoxy groups -OCH3 is 1. The van der Waals surface area contributed by atoms with E-state index < -0.39 is 5.97 Å². The van der Waals surface area contributed by atoms with Gasteiger partial charge in [-0.3, -0.25) is 9.20 Å². The fourth-order valence-corrected chi connectivity index (χ4v) is 3.60. The maximum Gasteiger partial charge on any atom is 0.309 e. The van der Waals surface area contributed by atoms with Gasteiger partial charge >= 0.3 is 5.97 Å². The van der Waals surface area contributed by atoms with Crippen molar-refractivity contribution in [2.24, 2.45) is 0 Å². The molecule has 0 saturated carbocycles. The number of hydrogen-bond acceptors (Lipinski definition) is 4. The summed E-state index contributed by atoms with van der Waals surface area (Å²) < 4.78 is 7.27. The van der Waals surface area contributed by atoms with Gasteiger partial charge in [-0.25, -0.2) is 4.98 Å². The standard InChI is InChI=1S/C16H16N2O3S/c1-9-6-11(4-5-13(9)21-3)15-10(2)22-16-17-12(7-14(19)20)8-18(15)16/h4-6,8H,7H2,1-3H3,(H,19,20). The van der Waals surface area contributed by atoms with Crippen molar-refractivity contribution in [3.63, 3.8) is 0 Å². The maximum absolute atomic E-state index is 10.8. The normalized spacial score (nSPS) is 11.0. The number of benzene rings is 1. The van der Waals surface area contributed by atoms with Gasteiger partial charge in [0, 0.05) is 16.6 Å². The third-order valence-electron chi connectivity index (χ3n) is 3.54. The average molecular weight is 316 g/mol. The van der Waals surface area contributed by atoms with Crippen molar-refractivity contribution in [1.29, 1.82) is 0 Å². The topological polar surface area (TPSA) is 63.8 Å². The minimum atomic E-state index is -0.871. The molecule has 6 heteroatoms. The van der Waals surface area contributed by atoms with Crippen LogP contribution in [-0.2, 0) is 11.2 Å². The number of fused-ring (bicyclic) bond motifs is 1. The number of carboxylic acid groups (broad SMARTS) is 1. The Labute approximate surface area is 131 Å². The van der Waals surface area contributed by atoms with Crippen LogP contribution in [0.5, 0.6) is 5.75 Å². The van der Waals surface area contributed by atoms with Gasteiger partial charge in [0.15, 0.2) is 4.96 Å². The van der Waals surface area contributed by atoms with Crippen molar-refractivity contribution < 1.29 is 14.6 Å². The van der Waals surface area contributed by atoms with Gasteiger partial charge in [0.25, 0.3) is 0 Å². The molecule has 3 aromatic rings. The number of rotatable bonds is 4. The number of nitrogens with zero attached hydrogens (tertiary/aromatic N) is 2. The van der Waals surface area contributed by atoms with Crippen LogP contribution in [0.25, 0.3) is 16.2 Å². The van der Waals surface area contributed by atoms with Crippen molar-refractivity contribution in [3.8, 4) is 17.0 Å². The number of carboxylic acids is 1. The van der Waals surface area contributed by atoms with Crippen LogP contribution < -0.4 is 4.74 Å². The predicted octanol–water partition coefficient (Wildman–Crippen LogP) is 3.32. The zero-order valence-electron chi connectivity index (χ0n) is 12.6. The zero-order chi connectivity index (χ0) is 15.9. The molecule has 0 fully saturated rings. The van der Waals surface area contributed by atoms with Gasteiger partial charge in [-0.1, -0.05) is 0 Å². The number of hydrogen-bond donors (Lipinski definition) is 1. The van der Waals surface area contributed by atoms with Crippen molar-refractivity contribution in [3.05, 3.63) is 40.5 Å². The van der Waals surface area contributed by atoms with E-state index in [1.165, 1.54) is 0 Å². The van der Waals surface area contributed by atoms with E-state index in [1.54, 1.807) is 18.4 Å². The second-order valence-corrected chi connectivity index (χ2v) is 6.33. The van der Waals surface area contributed by atoms with Crippen LogP contribution in [0.3, 0.4) is 0 Å². The number of aliphatic carboxylic acids is 1. The van der Waals surface area contributed by atoms with Crippen molar-refractivity contribution >= 4 is 22.3 Å². The van der Waals surface area contributed by atoms with Crippen LogP contribution in [0.1, 0.15) is 16.1 Å². The summed E-state index contributed by atoms with van der Waals surface area (Å²) in [4.78, 5) is 17.2. The molecule has 3 rings (SSSR count). The Bertz CT molecular complexity index is 864. The summed E-state index contributed by atoms with van der Waals surface area (Å²) in [6.07, 6.45) is 1.75. The Morgan fingerprint density at radius 2 is 2.18 bits per heavy atom. The number of imidazole rings is 1. The third kappa shape index (κ3) is 2.46. The fraction of sp³-hybridized carbons (Fsp3) is 0.250. The molecule has 2 aromatic heterocycles. The summed E-state index contributed by atoms with van der Waals surface area (Å²) in [5.74, 6) is -0.0191. The quantitative estimate of drug-likeness (QED) is 0.802. The lowest BCUT2D eigenvalue weighted by Crippen LogP contribution is -1.99. The first-order chi connectivity index (χ1) is 10.5. The van der Waals surface area contributed by atoms with Gasteiger partial charge in [0.05, 0.1) is 24.9 Å². The second kappa shape index (κ2) is 5.46. The highest BCUT2D eigenvalue weighted by atomic mass is 32.1. The first-order valence-electron chi connectivity index (χ1n) is 6.83. The van der Waals surface area contributed by atoms with Gasteiger partial charge in [-0.05, 0) is 37.6 Å². The third-order valence-corrected chi connectivity index (χ3v) is 4.51. The lowest BCUT2D eigenvalue weighted by Gasteiger charge is -2.08. The highest BCUT2D eigenvalue weighted by Crippen LogP contribution is 2.33. The first kappa shape index (κ1) is 14.6. The molecule has 0 bridgehead atoms. The molecule has 2 heterocycles. The molecule has 0 atom stereocenters. The van der Waals surface area contributed by atoms with Crippen molar-refractivity contribution in [2.75, 3.05) is 7.11 Å². The molecule has 0 aliphatic rings. The molecule has 0 saturated heterocycles. The molecule has 0 spiro atoms. The number of thiazole rings is 1. The number of aryl methyl sites for hydroxylation is 2. The van der Waals surface area contributed by atoms with E-state index in [-0.39, 0.29) is 6.42 Å². The minimum absolute atomic E-state index is 0.0610. The maximum atomic E-state index is 10.8. The van der Waals surface area contributed by atoms with E-state index >= 15 is 0 Å². The van der Waals surface area contributed by atoms with Gasteiger partial charge in [-0.15, -0.1) is 11.3 Å². The van der Waals surface area contributed by atoms with Crippen LogP contribution >= 0.6 is 11.3 Å². The molecule has 0 aliphatic carbocycles. The largest absolute Gasteiger partial charge is 0.496 e. The van der Waals surface area contributed by atoms with E-state index in [2.05, 4.69) is 11.1 Å². The smallest absolute Gasteiger partial charge is 0.309 e. The molecule has 5 nitrogen and oxygen atoms in total.